The summed E-state index contributed by atoms with van der Waals surface area (Å²) >= 11 is 0. The number of halogens is 1. The Labute approximate surface area is 125 Å². The van der Waals surface area contributed by atoms with Crippen LogP contribution in [0, 0.1) is 10.1 Å². The molecule has 1 aromatic rings. The van der Waals surface area contributed by atoms with Crippen LogP contribution in [0.4, 0.5) is 5.69 Å². The summed E-state index contributed by atoms with van der Waals surface area (Å²) in [6.07, 6.45) is 0. The summed E-state index contributed by atoms with van der Waals surface area (Å²) in [5.74, 6) is 0. The lowest BCUT2D eigenvalue weighted by atomic mass is 10.0. The summed E-state index contributed by atoms with van der Waals surface area (Å²) in [5, 5.41) is 14.3. The molecule has 3 atom stereocenters. The number of hydrogen-bond acceptors (Lipinski definition) is 4. The van der Waals surface area contributed by atoms with E-state index in [9.17, 15) is 10.1 Å². The van der Waals surface area contributed by atoms with Crippen LogP contribution in [-0.4, -0.2) is 35.0 Å². The van der Waals surface area contributed by atoms with Gasteiger partial charge in [-0.15, -0.1) is 12.4 Å². The second-order valence-electron chi connectivity index (χ2n) is 5.45. The van der Waals surface area contributed by atoms with Crippen LogP contribution in [0.15, 0.2) is 24.3 Å². The highest BCUT2D eigenvalue weighted by molar-refractivity contribution is 5.85. The average Bonchev–Trinajstić information content (AvgIpc) is 2.37. The second kappa shape index (κ2) is 7.02. The van der Waals surface area contributed by atoms with Crippen molar-refractivity contribution < 1.29 is 4.92 Å². The molecule has 0 amide bonds. The standard InChI is InChI=1S/C14H21N3O2.ClH/c1-10-8-16(9-11(2)15-10)12(3)13-5-4-6-14(7-13)17(18)19;/h4-7,10-12,15H,8-9H2,1-3H3;1H. The summed E-state index contributed by atoms with van der Waals surface area (Å²) in [5.41, 5.74) is 1.18. The number of nitro groups is 1. The summed E-state index contributed by atoms with van der Waals surface area (Å²) in [7, 11) is 0. The van der Waals surface area contributed by atoms with E-state index in [4.69, 9.17) is 0 Å². The molecule has 1 heterocycles. The highest BCUT2D eigenvalue weighted by Gasteiger charge is 2.25. The van der Waals surface area contributed by atoms with Gasteiger partial charge in [-0.2, -0.15) is 0 Å². The van der Waals surface area contributed by atoms with Crippen molar-refractivity contribution in [2.75, 3.05) is 13.1 Å². The maximum atomic E-state index is 10.8. The highest BCUT2D eigenvalue weighted by Crippen LogP contribution is 2.25. The number of nitro benzene ring substituents is 1. The topological polar surface area (TPSA) is 58.4 Å². The van der Waals surface area contributed by atoms with Gasteiger partial charge in [0.1, 0.15) is 0 Å². The second-order valence-corrected chi connectivity index (χ2v) is 5.45. The van der Waals surface area contributed by atoms with E-state index in [2.05, 4.69) is 31.0 Å². The molecule has 0 bridgehead atoms. The lowest BCUT2D eigenvalue weighted by molar-refractivity contribution is -0.384. The maximum absolute atomic E-state index is 10.8. The number of rotatable bonds is 3. The molecular formula is C14H22ClN3O2. The van der Waals surface area contributed by atoms with Crippen LogP contribution in [0.3, 0.4) is 0 Å². The number of hydrogen-bond donors (Lipinski definition) is 1. The predicted molar refractivity (Wildman–Crippen MR) is 82.4 cm³/mol. The Kier molecular flexibility index (Phi) is 5.92. The van der Waals surface area contributed by atoms with Gasteiger partial charge in [0, 0.05) is 43.3 Å². The van der Waals surface area contributed by atoms with Gasteiger partial charge in [-0.25, -0.2) is 0 Å². The summed E-state index contributed by atoms with van der Waals surface area (Å²) in [6.45, 7) is 8.39. The van der Waals surface area contributed by atoms with Gasteiger partial charge in [0.05, 0.1) is 4.92 Å². The van der Waals surface area contributed by atoms with Crippen LogP contribution in [-0.2, 0) is 0 Å². The molecule has 3 unspecified atom stereocenters. The molecular weight excluding hydrogens is 278 g/mol. The fourth-order valence-corrected chi connectivity index (χ4v) is 2.79. The monoisotopic (exact) mass is 299 g/mol. The molecule has 0 spiro atoms. The lowest BCUT2D eigenvalue weighted by Crippen LogP contribution is -2.54. The van der Waals surface area contributed by atoms with Gasteiger partial charge in [0.25, 0.3) is 5.69 Å². The fraction of sp³-hybridized carbons (Fsp3) is 0.571. The molecule has 0 saturated carbocycles. The third kappa shape index (κ3) is 3.91. The number of nitrogens with zero attached hydrogens (tertiary/aromatic N) is 2. The third-order valence-electron chi connectivity index (χ3n) is 3.70. The minimum Gasteiger partial charge on any atom is -0.309 e. The van der Waals surface area contributed by atoms with E-state index in [0.29, 0.717) is 12.1 Å². The van der Waals surface area contributed by atoms with Crippen molar-refractivity contribution >= 4 is 18.1 Å². The molecule has 2 rings (SSSR count). The number of nitrogens with one attached hydrogen (secondary N) is 1. The molecule has 1 saturated heterocycles. The van der Waals surface area contributed by atoms with Gasteiger partial charge < -0.3 is 5.32 Å². The smallest absolute Gasteiger partial charge is 0.269 e. The van der Waals surface area contributed by atoms with Gasteiger partial charge in [-0.05, 0) is 26.3 Å². The Balaban J connectivity index is 0.00000200. The molecule has 1 N–H and O–H groups in total. The maximum Gasteiger partial charge on any atom is 0.269 e. The molecule has 0 radical (unpaired) electrons. The van der Waals surface area contributed by atoms with E-state index in [-0.39, 0.29) is 29.1 Å². The van der Waals surface area contributed by atoms with Crippen molar-refractivity contribution in [1.82, 2.24) is 10.2 Å². The molecule has 5 nitrogen and oxygen atoms in total. The molecule has 20 heavy (non-hydrogen) atoms. The van der Waals surface area contributed by atoms with E-state index in [1.807, 2.05) is 6.07 Å². The van der Waals surface area contributed by atoms with Crippen molar-refractivity contribution in [3.63, 3.8) is 0 Å². The summed E-state index contributed by atoms with van der Waals surface area (Å²) in [6, 6.07) is 8.05. The number of benzene rings is 1. The first-order chi connectivity index (χ1) is 8.97. The average molecular weight is 300 g/mol. The summed E-state index contributed by atoms with van der Waals surface area (Å²) in [4.78, 5) is 12.9. The quantitative estimate of drug-likeness (QED) is 0.689. The molecule has 1 fully saturated rings. The Hall–Kier alpha value is -1.17. The van der Waals surface area contributed by atoms with Gasteiger partial charge in [0.2, 0.25) is 0 Å². The molecule has 112 valence electrons. The first kappa shape index (κ1) is 16.9. The predicted octanol–water partition coefficient (Wildman–Crippen LogP) is 2.76. The van der Waals surface area contributed by atoms with E-state index >= 15 is 0 Å². The number of piperazine rings is 1. The van der Waals surface area contributed by atoms with Gasteiger partial charge in [-0.1, -0.05) is 12.1 Å². The summed E-state index contributed by atoms with van der Waals surface area (Å²) < 4.78 is 0. The molecule has 1 aromatic carbocycles. The van der Waals surface area contributed by atoms with E-state index < -0.39 is 0 Å². The Morgan fingerprint density at radius 1 is 1.35 bits per heavy atom. The first-order valence-electron chi connectivity index (χ1n) is 6.72. The Bertz CT molecular complexity index is 459. The molecule has 6 heteroatoms. The van der Waals surface area contributed by atoms with E-state index in [1.54, 1.807) is 18.2 Å². The molecule has 0 aromatic heterocycles. The van der Waals surface area contributed by atoms with Gasteiger partial charge >= 0.3 is 0 Å². The number of non-ortho nitro benzene ring substituents is 1. The van der Waals surface area contributed by atoms with E-state index in [1.165, 1.54) is 0 Å². The highest BCUT2D eigenvalue weighted by atomic mass is 35.5. The Morgan fingerprint density at radius 3 is 2.50 bits per heavy atom. The first-order valence-corrected chi connectivity index (χ1v) is 6.72. The van der Waals surface area contributed by atoms with Crippen LogP contribution in [0.5, 0.6) is 0 Å². The van der Waals surface area contributed by atoms with Crippen molar-refractivity contribution in [1.29, 1.82) is 0 Å². The molecule has 0 aliphatic carbocycles. The molecule has 1 aliphatic rings. The van der Waals surface area contributed by atoms with Crippen LogP contribution < -0.4 is 5.32 Å². The normalized spacial score (nSPS) is 24.8. The van der Waals surface area contributed by atoms with Gasteiger partial charge in [0.15, 0.2) is 0 Å². The van der Waals surface area contributed by atoms with Crippen LogP contribution >= 0.6 is 12.4 Å². The zero-order chi connectivity index (χ0) is 14.0. The van der Waals surface area contributed by atoms with E-state index in [0.717, 1.165) is 18.7 Å². The minimum absolute atomic E-state index is 0. The zero-order valence-corrected chi connectivity index (χ0v) is 12.9. The largest absolute Gasteiger partial charge is 0.309 e. The van der Waals surface area contributed by atoms with Gasteiger partial charge in [-0.3, -0.25) is 15.0 Å². The zero-order valence-electron chi connectivity index (χ0n) is 12.1. The van der Waals surface area contributed by atoms with Crippen LogP contribution in [0.1, 0.15) is 32.4 Å². The van der Waals surface area contributed by atoms with Crippen LogP contribution in [0.25, 0.3) is 0 Å². The third-order valence-corrected chi connectivity index (χ3v) is 3.70. The van der Waals surface area contributed by atoms with Crippen LogP contribution in [0.2, 0.25) is 0 Å². The van der Waals surface area contributed by atoms with Crippen molar-refractivity contribution in [3.05, 3.63) is 39.9 Å². The van der Waals surface area contributed by atoms with Crippen molar-refractivity contribution in [2.24, 2.45) is 0 Å². The lowest BCUT2D eigenvalue weighted by Gasteiger charge is -2.39. The Morgan fingerprint density at radius 2 is 1.95 bits per heavy atom. The van der Waals surface area contributed by atoms with Crippen molar-refractivity contribution in [3.8, 4) is 0 Å². The fourth-order valence-electron chi connectivity index (χ4n) is 2.79. The van der Waals surface area contributed by atoms with Crippen molar-refractivity contribution in [2.45, 2.75) is 38.9 Å². The molecule has 1 aliphatic heterocycles. The minimum atomic E-state index is -0.334. The SMILES string of the molecule is CC1CN(C(C)c2cccc([N+](=O)[O-])c2)CC(C)N1.Cl.